The van der Waals surface area contributed by atoms with Crippen molar-refractivity contribution >= 4 is 39.0 Å². The lowest BCUT2D eigenvalue weighted by Gasteiger charge is -2.27. The van der Waals surface area contributed by atoms with Gasteiger partial charge in [0, 0.05) is 30.4 Å². The third kappa shape index (κ3) is 3.29. The molecule has 0 spiro atoms. The van der Waals surface area contributed by atoms with E-state index < -0.39 is 11.0 Å². The molecule has 3 rings (SSSR count). The summed E-state index contributed by atoms with van der Waals surface area (Å²) < 4.78 is 15.0. The zero-order chi connectivity index (χ0) is 14.7. The first-order chi connectivity index (χ1) is 10.2. The largest absolute Gasteiger partial charge is 0.310 e. The van der Waals surface area contributed by atoms with E-state index in [2.05, 4.69) is 15.0 Å². The molecule has 110 valence electrons. The molecule has 1 aromatic carbocycles. The Kier molecular flexibility index (Phi) is 4.28. The van der Waals surface area contributed by atoms with Crippen molar-refractivity contribution in [2.75, 3.05) is 29.3 Å². The molecule has 1 unspecified atom stereocenters. The third-order valence-electron chi connectivity index (χ3n) is 3.06. The standard InChI is InChI=1S/C13H14N4O2S2/c18-12-9-14-5-7-17(12)10-1-3-11(4-2-10)21(19)16-13-15-6-8-20-13/h1-4,6,8,14H,5,7,9H2,(H,15,16). The van der Waals surface area contributed by atoms with Crippen molar-refractivity contribution in [2.24, 2.45) is 0 Å². The van der Waals surface area contributed by atoms with Crippen LogP contribution in [0.15, 0.2) is 40.7 Å². The summed E-state index contributed by atoms with van der Waals surface area (Å²) in [6, 6.07) is 7.17. The fourth-order valence-electron chi connectivity index (χ4n) is 2.04. The molecule has 1 fully saturated rings. The normalized spacial score (nSPS) is 16.8. The van der Waals surface area contributed by atoms with Gasteiger partial charge in [0.2, 0.25) is 5.91 Å². The zero-order valence-corrected chi connectivity index (χ0v) is 12.7. The van der Waals surface area contributed by atoms with Crippen molar-refractivity contribution in [1.29, 1.82) is 0 Å². The number of hydrogen-bond acceptors (Lipinski definition) is 5. The van der Waals surface area contributed by atoms with Crippen LogP contribution in [0.25, 0.3) is 0 Å². The van der Waals surface area contributed by atoms with E-state index in [1.165, 1.54) is 11.3 Å². The van der Waals surface area contributed by atoms with Crippen LogP contribution in [0.3, 0.4) is 0 Å². The summed E-state index contributed by atoms with van der Waals surface area (Å²) in [6.07, 6.45) is 1.66. The molecule has 21 heavy (non-hydrogen) atoms. The van der Waals surface area contributed by atoms with Crippen LogP contribution in [0.4, 0.5) is 10.8 Å². The number of carbonyl (C=O) groups is 1. The highest BCUT2D eigenvalue weighted by atomic mass is 32.2. The number of anilines is 2. The number of piperazine rings is 1. The molecule has 1 amide bonds. The molecule has 6 nitrogen and oxygen atoms in total. The monoisotopic (exact) mass is 322 g/mol. The van der Waals surface area contributed by atoms with Crippen LogP contribution in [0, 0.1) is 0 Å². The quantitative estimate of drug-likeness (QED) is 0.887. The first kappa shape index (κ1) is 14.2. The van der Waals surface area contributed by atoms with Crippen molar-refractivity contribution in [1.82, 2.24) is 10.3 Å². The molecule has 1 saturated heterocycles. The van der Waals surface area contributed by atoms with Crippen molar-refractivity contribution in [3.63, 3.8) is 0 Å². The zero-order valence-electron chi connectivity index (χ0n) is 11.1. The maximum atomic E-state index is 12.1. The number of carbonyl (C=O) groups excluding carboxylic acids is 1. The number of hydrogen-bond donors (Lipinski definition) is 2. The SMILES string of the molecule is O=C1CNCCN1c1ccc(S(=O)Nc2nccs2)cc1. The third-order valence-corrected chi connectivity index (χ3v) is 4.96. The average Bonchev–Trinajstić information content (AvgIpc) is 3.01. The Hall–Kier alpha value is -1.77. The lowest BCUT2D eigenvalue weighted by Crippen LogP contribution is -2.48. The maximum absolute atomic E-state index is 12.1. The summed E-state index contributed by atoms with van der Waals surface area (Å²) in [4.78, 5) is 18.2. The topological polar surface area (TPSA) is 74.3 Å². The number of thiazole rings is 1. The van der Waals surface area contributed by atoms with Crippen LogP contribution < -0.4 is 14.9 Å². The predicted octanol–water partition coefficient (Wildman–Crippen LogP) is 1.21. The molecule has 8 heteroatoms. The Morgan fingerprint density at radius 2 is 2.14 bits per heavy atom. The molecular formula is C13H14N4O2S2. The van der Waals surface area contributed by atoms with Crippen molar-refractivity contribution in [2.45, 2.75) is 4.90 Å². The van der Waals surface area contributed by atoms with Gasteiger partial charge in [0.1, 0.15) is 0 Å². The second kappa shape index (κ2) is 6.33. The molecule has 0 saturated carbocycles. The summed E-state index contributed by atoms with van der Waals surface area (Å²) in [6.45, 7) is 1.79. The fourth-order valence-corrected chi connectivity index (χ4v) is 3.55. The molecule has 0 radical (unpaired) electrons. The Balaban J connectivity index is 1.71. The Bertz CT molecular complexity index is 643. The van der Waals surface area contributed by atoms with Crippen LogP contribution in [-0.4, -0.2) is 34.7 Å². The van der Waals surface area contributed by atoms with Gasteiger partial charge in [0.05, 0.1) is 11.4 Å². The minimum atomic E-state index is -1.35. The summed E-state index contributed by atoms with van der Waals surface area (Å²) in [7, 11) is -1.35. The molecule has 1 atom stereocenters. The first-order valence-electron chi connectivity index (χ1n) is 6.43. The van der Waals surface area contributed by atoms with Crippen LogP contribution >= 0.6 is 11.3 Å². The van der Waals surface area contributed by atoms with E-state index in [0.29, 0.717) is 23.1 Å². The van der Waals surface area contributed by atoms with Gasteiger partial charge in [-0.3, -0.25) is 9.52 Å². The van der Waals surface area contributed by atoms with Gasteiger partial charge in [0.15, 0.2) is 16.1 Å². The average molecular weight is 322 g/mol. The van der Waals surface area contributed by atoms with Crippen molar-refractivity contribution in [3.8, 4) is 0 Å². The van der Waals surface area contributed by atoms with Crippen LogP contribution in [0.2, 0.25) is 0 Å². The van der Waals surface area contributed by atoms with Gasteiger partial charge in [0.25, 0.3) is 0 Å². The molecule has 2 heterocycles. The lowest BCUT2D eigenvalue weighted by atomic mass is 10.2. The fraction of sp³-hybridized carbons (Fsp3) is 0.231. The van der Waals surface area contributed by atoms with Gasteiger partial charge >= 0.3 is 0 Å². The number of amides is 1. The summed E-state index contributed by atoms with van der Waals surface area (Å²) in [5.74, 6) is 0.0519. The number of nitrogens with one attached hydrogen (secondary N) is 2. The van der Waals surface area contributed by atoms with E-state index in [0.717, 1.165) is 12.2 Å². The van der Waals surface area contributed by atoms with Crippen LogP contribution in [0.1, 0.15) is 0 Å². The van der Waals surface area contributed by atoms with Gasteiger partial charge in [-0.25, -0.2) is 9.19 Å². The van der Waals surface area contributed by atoms with Gasteiger partial charge in [-0.1, -0.05) is 0 Å². The second-order valence-corrected chi connectivity index (χ2v) is 6.53. The van der Waals surface area contributed by atoms with Crippen molar-refractivity contribution < 1.29 is 9.00 Å². The molecule has 1 aliphatic rings. The maximum Gasteiger partial charge on any atom is 0.240 e. The number of benzene rings is 1. The molecule has 1 aliphatic heterocycles. The minimum Gasteiger partial charge on any atom is -0.310 e. The molecule has 0 bridgehead atoms. The van der Waals surface area contributed by atoms with Crippen LogP contribution in [-0.2, 0) is 15.8 Å². The van der Waals surface area contributed by atoms with Gasteiger partial charge in [-0.2, -0.15) is 0 Å². The Morgan fingerprint density at radius 1 is 1.33 bits per heavy atom. The summed E-state index contributed by atoms with van der Waals surface area (Å²) in [5, 5.41) is 5.47. The van der Waals surface area contributed by atoms with E-state index in [4.69, 9.17) is 0 Å². The Morgan fingerprint density at radius 3 is 2.81 bits per heavy atom. The predicted molar refractivity (Wildman–Crippen MR) is 83.8 cm³/mol. The van der Waals surface area contributed by atoms with Crippen molar-refractivity contribution in [3.05, 3.63) is 35.8 Å². The van der Waals surface area contributed by atoms with E-state index in [1.54, 1.807) is 23.2 Å². The molecule has 0 aliphatic carbocycles. The highest BCUT2D eigenvalue weighted by Gasteiger charge is 2.19. The highest BCUT2D eigenvalue weighted by molar-refractivity contribution is 7.86. The number of rotatable bonds is 4. The molecule has 2 N–H and O–H groups in total. The van der Waals surface area contributed by atoms with Gasteiger partial charge < -0.3 is 10.2 Å². The highest BCUT2D eigenvalue weighted by Crippen LogP contribution is 2.20. The van der Waals surface area contributed by atoms with E-state index in [9.17, 15) is 9.00 Å². The Labute approximate surface area is 128 Å². The number of nitrogens with zero attached hydrogens (tertiary/aromatic N) is 2. The van der Waals surface area contributed by atoms with E-state index in [1.807, 2.05) is 17.5 Å². The lowest BCUT2D eigenvalue weighted by molar-refractivity contribution is -0.118. The van der Waals surface area contributed by atoms with Crippen LogP contribution in [0.5, 0.6) is 0 Å². The number of aromatic nitrogens is 1. The molecule has 2 aromatic rings. The van der Waals surface area contributed by atoms with Gasteiger partial charge in [-0.05, 0) is 24.3 Å². The molecular weight excluding hydrogens is 308 g/mol. The first-order valence-corrected chi connectivity index (χ1v) is 8.46. The molecule has 1 aromatic heterocycles. The summed E-state index contributed by atoms with van der Waals surface area (Å²) in [5.41, 5.74) is 0.830. The minimum absolute atomic E-state index is 0.0519. The van der Waals surface area contributed by atoms with E-state index in [-0.39, 0.29) is 5.91 Å². The van der Waals surface area contributed by atoms with E-state index >= 15 is 0 Å². The second-order valence-electron chi connectivity index (χ2n) is 4.42. The van der Waals surface area contributed by atoms with Gasteiger partial charge in [-0.15, -0.1) is 11.3 Å². The smallest absolute Gasteiger partial charge is 0.240 e. The summed E-state index contributed by atoms with van der Waals surface area (Å²) >= 11 is 1.40.